The number of nitrogens with two attached hydrogens (primary N) is 1. The Morgan fingerprint density at radius 2 is 2.08 bits per heavy atom. The summed E-state index contributed by atoms with van der Waals surface area (Å²) in [6.45, 7) is 2.43. The fourth-order valence-corrected chi connectivity index (χ4v) is 2.14. The van der Waals surface area contributed by atoms with Crippen molar-refractivity contribution in [1.82, 2.24) is 4.90 Å². The van der Waals surface area contributed by atoms with Gasteiger partial charge in [-0.05, 0) is 51.1 Å². The Labute approximate surface area is 80.9 Å². The van der Waals surface area contributed by atoms with Crippen LogP contribution in [0.4, 0.5) is 0 Å². The van der Waals surface area contributed by atoms with Gasteiger partial charge in [-0.15, -0.1) is 0 Å². The summed E-state index contributed by atoms with van der Waals surface area (Å²) in [7, 11) is 2.18. The van der Waals surface area contributed by atoms with Gasteiger partial charge in [0, 0.05) is 6.04 Å². The zero-order chi connectivity index (χ0) is 8.97. The van der Waals surface area contributed by atoms with E-state index in [9.17, 15) is 0 Å². The Balaban J connectivity index is 2.24. The first-order valence-electron chi connectivity index (χ1n) is 4.79. The van der Waals surface area contributed by atoms with E-state index >= 15 is 0 Å². The van der Waals surface area contributed by atoms with Crippen LogP contribution in [-0.4, -0.2) is 36.8 Å². The number of rotatable bonds is 3. The number of likely N-dealkylation sites (tertiary alicyclic amines) is 1. The van der Waals surface area contributed by atoms with Gasteiger partial charge in [0.25, 0.3) is 0 Å². The van der Waals surface area contributed by atoms with E-state index in [0.717, 1.165) is 18.1 Å². The van der Waals surface area contributed by atoms with Gasteiger partial charge < -0.3 is 10.6 Å². The van der Waals surface area contributed by atoms with Crippen LogP contribution in [0, 0.1) is 5.92 Å². The number of thiol groups is 1. The van der Waals surface area contributed by atoms with Gasteiger partial charge in [0.15, 0.2) is 0 Å². The minimum absolute atomic E-state index is 0.385. The lowest BCUT2D eigenvalue weighted by molar-refractivity contribution is 0.197. The second-order valence-corrected chi connectivity index (χ2v) is 4.26. The lowest BCUT2D eigenvalue weighted by Crippen LogP contribution is -2.39. The largest absolute Gasteiger partial charge is 0.327 e. The summed E-state index contributed by atoms with van der Waals surface area (Å²) < 4.78 is 0. The molecule has 0 aromatic heterocycles. The molecule has 1 aliphatic heterocycles. The van der Waals surface area contributed by atoms with E-state index in [0.29, 0.717) is 6.04 Å². The summed E-state index contributed by atoms with van der Waals surface area (Å²) in [6.07, 6.45) is 3.61. The first-order chi connectivity index (χ1) is 5.74. The van der Waals surface area contributed by atoms with Crippen LogP contribution >= 0.6 is 12.6 Å². The molecule has 3 heteroatoms. The number of nitrogens with zero attached hydrogens (tertiary/aromatic N) is 1. The van der Waals surface area contributed by atoms with Crippen molar-refractivity contribution < 1.29 is 0 Å². The SMILES string of the molecule is CN1CCC(C(N)CCS)CC1. The zero-order valence-corrected chi connectivity index (χ0v) is 8.76. The van der Waals surface area contributed by atoms with Crippen molar-refractivity contribution in [3.63, 3.8) is 0 Å². The number of hydrogen-bond acceptors (Lipinski definition) is 3. The molecule has 1 atom stereocenters. The van der Waals surface area contributed by atoms with E-state index in [1.54, 1.807) is 0 Å². The van der Waals surface area contributed by atoms with Crippen molar-refractivity contribution in [2.75, 3.05) is 25.9 Å². The summed E-state index contributed by atoms with van der Waals surface area (Å²) >= 11 is 4.21. The minimum atomic E-state index is 0.385. The van der Waals surface area contributed by atoms with Gasteiger partial charge in [-0.2, -0.15) is 12.6 Å². The van der Waals surface area contributed by atoms with Gasteiger partial charge in [-0.3, -0.25) is 0 Å². The van der Waals surface area contributed by atoms with Crippen LogP contribution < -0.4 is 5.73 Å². The van der Waals surface area contributed by atoms with Crippen molar-refractivity contribution in [1.29, 1.82) is 0 Å². The van der Waals surface area contributed by atoms with E-state index in [2.05, 4.69) is 24.6 Å². The molecule has 0 amide bonds. The summed E-state index contributed by atoms with van der Waals surface area (Å²) in [6, 6.07) is 0.385. The molecule has 1 aliphatic rings. The van der Waals surface area contributed by atoms with Gasteiger partial charge in [0.2, 0.25) is 0 Å². The van der Waals surface area contributed by atoms with Crippen LogP contribution in [0.15, 0.2) is 0 Å². The predicted octanol–water partition coefficient (Wildman–Crippen LogP) is 0.975. The maximum atomic E-state index is 6.04. The average Bonchev–Trinajstić information content (AvgIpc) is 2.06. The summed E-state index contributed by atoms with van der Waals surface area (Å²) in [5.74, 6) is 1.67. The molecule has 1 rings (SSSR count). The molecule has 0 bridgehead atoms. The molecule has 0 aromatic rings. The third kappa shape index (κ3) is 2.96. The second kappa shape index (κ2) is 5.10. The monoisotopic (exact) mass is 188 g/mol. The topological polar surface area (TPSA) is 29.3 Å². The Morgan fingerprint density at radius 3 is 2.58 bits per heavy atom. The molecule has 0 spiro atoms. The van der Waals surface area contributed by atoms with Gasteiger partial charge in [-0.1, -0.05) is 0 Å². The van der Waals surface area contributed by atoms with E-state index in [1.807, 2.05) is 0 Å². The Bertz CT molecular complexity index is 122. The van der Waals surface area contributed by atoms with Gasteiger partial charge in [0.05, 0.1) is 0 Å². The third-order valence-corrected chi connectivity index (χ3v) is 3.09. The maximum Gasteiger partial charge on any atom is 0.00758 e. The normalized spacial score (nSPS) is 24.2. The Morgan fingerprint density at radius 1 is 1.50 bits per heavy atom. The summed E-state index contributed by atoms with van der Waals surface area (Å²) in [5, 5.41) is 0. The van der Waals surface area contributed by atoms with Crippen molar-refractivity contribution in [3.8, 4) is 0 Å². The van der Waals surface area contributed by atoms with Crippen LogP contribution in [0.3, 0.4) is 0 Å². The molecule has 12 heavy (non-hydrogen) atoms. The standard InChI is InChI=1S/C9H20N2S/c1-11-5-2-8(3-6-11)9(10)4-7-12/h8-9,12H,2-7,10H2,1H3. The quantitative estimate of drug-likeness (QED) is 0.646. The molecule has 2 nitrogen and oxygen atoms in total. The van der Waals surface area contributed by atoms with E-state index in [-0.39, 0.29) is 0 Å². The highest BCUT2D eigenvalue weighted by Crippen LogP contribution is 2.20. The molecule has 1 unspecified atom stereocenters. The van der Waals surface area contributed by atoms with Gasteiger partial charge in [0.1, 0.15) is 0 Å². The first-order valence-corrected chi connectivity index (χ1v) is 5.42. The molecule has 1 fully saturated rings. The van der Waals surface area contributed by atoms with Crippen LogP contribution in [0.25, 0.3) is 0 Å². The third-order valence-electron chi connectivity index (χ3n) is 2.83. The lowest BCUT2D eigenvalue weighted by atomic mass is 9.89. The van der Waals surface area contributed by atoms with Gasteiger partial charge in [-0.25, -0.2) is 0 Å². The van der Waals surface area contributed by atoms with Gasteiger partial charge >= 0.3 is 0 Å². The van der Waals surface area contributed by atoms with Crippen molar-refractivity contribution in [3.05, 3.63) is 0 Å². The van der Waals surface area contributed by atoms with Crippen molar-refractivity contribution in [2.24, 2.45) is 11.7 Å². The molecular formula is C9H20N2S. The highest BCUT2D eigenvalue weighted by molar-refractivity contribution is 7.80. The number of piperidine rings is 1. The zero-order valence-electron chi connectivity index (χ0n) is 7.87. The Hall–Kier alpha value is 0.270. The predicted molar refractivity (Wildman–Crippen MR) is 56.7 cm³/mol. The highest BCUT2D eigenvalue weighted by Gasteiger charge is 2.21. The Kier molecular flexibility index (Phi) is 4.40. The van der Waals surface area contributed by atoms with Crippen LogP contribution in [0.5, 0.6) is 0 Å². The number of hydrogen-bond donors (Lipinski definition) is 2. The molecule has 0 radical (unpaired) electrons. The van der Waals surface area contributed by atoms with Crippen LogP contribution in [0.1, 0.15) is 19.3 Å². The second-order valence-electron chi connectivity index (χ2n) is 3.82. The van der Waals surface area contributed by atoms with Crippen molar-refractivity contribution in [2.45, 2.75) is 25.3 Å². The molecular weight excluding hydrogens is 168 g/mol. The summed E-state index contributed by atoms with van der Waals surface area (Å²) in [5.41, 5.74) is 6.04. The van der Waals surface area contributed by atoms with E-state index in [1.165, 1.54) is 25.9 Å². The molecule has 72 valence electrons. The maximum absolute atomic E-state index is 6.04. The minimum Gasteiger partial charge on any atom is -0.327 e. The molecule has 1 heterocycles. The average molecular weight is 188 g/mol. The summed E-state index contributed by atoms with van der Waals surface area (Å²) in [4.78, 5) is 2.38. The van der Waals surface area contributed by atoms with Crippen LogP contribution in [0.2, 0.25) is 0 Å². The fourth-order valence-electron chi connectivity index (χ4n) is 1.84. The molecule has 0 aliphatic carbocycles. The van der Waals surface area contributed by atoms with E-state index < -0.39 is 0 Å². The van der Waals surface area contributed by atoms with E-state index in [4.69, 9.17) is 5.73 Å². The van der Waals surface area contributed by atoms with Crippen LogP contribution in [-0.2, 0) is 0 Å². The fraction of sp³-hybridized carbons (Fsp3) is 1.00. The molecule has 1 saturated heterocycles. The smallest absolute Gasteiger partial charge is 0.00758 e. The molecule has 2 N–H and O–H groups in total. The lowest BCUT2D eigenvalue weighted by Gasteiger charge is -2.32. The first kappa shape index (κ1) is 10.4. The highest BCUT2D eigenvalue weighted by atomic mass is 32.1. The molecule has 0 aromatic carbocycles. The molecule has 0 saturated carbocycles. The van der Waals surface area contributed by atoms with Crippen molar-refractivity contribution >= 4 is 12.6 Å².